The van der Waals surface area contributed by atoms with Gasteiger partial charge >= 0.3 is 0 Å². The van der Waals surface area contributed by atoms with E-state index in [1.165, 1.54) is 24.0 Å². The standard InChI is InChI=1S/C14H18O3/c1-10(14(9-15)17-16)12-7-6-11-4-2-3-5-13(11)8-12/h6-8,14-16H,1-5,9H2. The molecule has 0 aromatic heterocycles. The smallest absolute Gasteiger partial charge is 0.141 e. The van der Waals surface area contributed by atoms with E-state index in [9.17, 15) is 0 Å². The Hall–Kier alpha value is -1.16. The van der Waals surface area contributed by atoms with Crippen LogP contribution in [0, 0.1) is 0 Å². The van der Waals surface area contributed by atoms with Gasteiger partial charge in [0.25, 0.3) is 0 Å². The highest BCUT2D eigenvalue weighted by molar-refractivity contribution is 5.67. The lowest BCUT2D eigenvalue weighted by Gasteiger charge is -2.19. The molecule has 1 aromatic rings. The van der Waals surface area contributed by atoms with E-state index in [0.29, 0.717) is 5.57 Å². The molecule has 1 unspecified atom stereocenters. The first-order valence-corrected chi connectivity index (χ1v) is 5.98. The minimum Gasteiger partial charge on any atom is -0.393 e. The number of hydrogen-bond acceptors (Lipinski definition) is 3. The second-order valence-electron chi connectivity index (χ2n) is 4.49. The Kier molecular flexibility index (Phi) is 3.94. The van der Waals surface area contributed by atoms with E-state index < -0.39 is 6.10 Å². The van der Waals surface area contributed by atoms with Gasteiger partial charge in [-0.25, -0.2) is 4.89 Å². The Morgan fingerprint density at radius 2 is 2.00 bits per heavy atom. The van der Waals surface area contributed by atoms with Gasteiger partial charge in [0.05, 0.1) is 6.61 Å². The molecule has 0 amide bonds. The number of aliphatic hydroxyl groups excluding tert-OH is 1. The predicted molar refractivity (Wildman–Crippen MR) is 66.7 cm³/mol. The van der Waals surface area contributed by atoms with E-state index in [4.69, 9.17) is 10.4 Å². The lowest BCUT2D eigenvalue weighted by atomic mass is 9.88. The summed E-state index contributed by atoms with van der Waals surface area (Å²) >= 11 is 0. The first-order chi connectivity index (χ1) is 8.26. The minimum atomic E-state index is -0.739. The van der Waals surface area contributed by atoms with E-state index in [1.807, 2.05) is 6.07 Å². The van der Waals surface area contributed by atoms with E-state index in [2.05, 4.69) is 23.6 Å². The zero-order valence-corrected chi connectivity index (χ0v) is 9.85. The lowest BCUT2D eigenvalue weighted by Crippen LogP contribution is -2.17. The third-order valence-corrected chi connectivity index (χ3v) is 3.40. The largest absolute Gasteiger partial charge is 0.393 e. The van der Waals surface area contributed by atoms with Crippen LogP contribution < -0.4 is 0 Å². The predicted octanol–water partition coefficient (Wildman–Crippen LogP) is 2.43. The normalized spacial score (nSPS) is 16.4. The molecule has 17 heavy (non-hydrogen) atoms. The maximum atomic E-state index is 9.05. The number of rotatable bonds is 4. The topological polar surface area (TPSA) is 49.7 Å². The van der Waals surface area contributed by atoms with Gasteiger partial charge in [0.2, 0.25) is 0 Å². The number of aryl methyl sites for hydroxylation is 2. The number of benzene rings is 1. The van der Waals surface area contributed by atoms with Gasteiger partial charge in [-0.2, -0.15) is 0 Å². The lowest BCUT2D eigenvalue weighted by molar-refractivity contribution is -0.268. The molecule has 1 atom stereocenters. The molecule has 0 heterocycles. The zero-order valence-electron chi connectivity index (χ0n) is 9.85. The van der Waals surface area contributed by atoms with Gasteiger partial charge < -0.3 is 5.11 Å². The van der Waals surface area contributed by atoms with E-state index in [0.717, 1.165) is 18.4 Å². The van der Waals surface area contributed by atoms with Crippen molar-refractivity contribution in [3.63, 3.8) is 0 Å². The summed E-state index contributed by atoms with van der Waals surface area (Å²) in [6, 6.07) is 6.19. The van der Waals surface area contributed by atoms with Gasteiger partial charge in [0.15, 0.2) is 0 Å². The Balaban J connectivity index is 2.24. The summed E-state index contributed by atoms with van der Waals surface area (Å²) < 4.78 is 0. The average molecular weight is 234 g/mol. The molecule has 0 saturated carbocycles. The monoisotopic (exact) mass is 234 g/mol. The molecule has 2 rings (SSSR count). The molecule has 0 radical (unpaired) electrons. The van der Waals surface area contributed by atoms with Crippen molar-refractivity contribution in [1.29, 1.82) is 0 Å². The van der Waals surface area contributed by atoms with Crippen LogP contribution in [0.3, 0.4) is 0 Å². The highest BCUT2D eigenvalue weighted by Crippen LogP contribution is 2.26. The quantitative estimate of drug-likeness (QED) is 0.621. The highest BCUT2D eigenvalue weighted by Gasteiger charge is 2.16. The van der Waals surface area contributed by atoms with Crippen molar-refractivity contribution in [3.05, 3.63) is 41.5 Å². The molecule has 3 heteroatoms. The van der Waals surface area contributed by atoms with Crippen LogP contribution in [0.4, 0.5) is 0 Å². The second-order valence-corrected chi connectivity index (χ2v) is 4.49. The molecule has 0 bridgehead atoms. The summed E-state index contributed by atoms with van der Waals surface area (Å²) in [7, 11) is 0. The molecule has 3 nitrogen and oxygen atoms in total. The van der Waals surface area contributed by atoms with Crippen molar-refractivity contribution in [2.75, 3.05) is 6.61 Å². The Morgan fingerprint density at radius 1 is 1.29 bits per heavy atom. The molecule has 92 valence electrons. The van der Waals surface area contributed by atoms with Crippen LogP contribution in [0.15, 0.2) is 24.8 Å². The Morgan fingerprint density at radius 3 is 2.65 bits per heavy atom. The molecule has 2 N–H and O–H groups in total. The summed E-state index contributed by atoms with van der Waals surface area (Å²) in [5.41, 5.74) is 4.30. The van der Waals surface area contributed by atoms with Crippen molar-refractivity contribution in [3.8, 4) is 0 Å². The molecule has 0 fully saturated rings. The molecule has 0 saturated heterocycles. The van der Waals surface area contributed by atoms with Gasteiger partial charge in [-0.1, -0.05) is 24.8 Å². The van der Waals surface area contributed by atoms with Crippen LogP contribution in [0.25, 0.3) is 5.57 Å². The maximum Gasteiger partial charge on any atom is 0.141 e. The van der Waals surface area contributed by atoms with Crippen molar-refractivity contribution >= 4 is 5.57 Å². The fourth-order valence-corrected chi connectivity index (χ4v) is 2.33. The summed E-state index contributed by atoms with van der Waals surface area (Å²) in [5, 5.41) is 17.7. The van der Waals surface area contributed by atoms with Crippen LogP contribution >= 0.6 is 0 Å². The van der Waals surface area contributed by atoms with Gasteiger partial charge in [-0.15, -0.1) is 0 Å². The maximum absolute atomic E-state index is 9.05. The van der Waals surface area contributed by atoms with Crippen LogP contribution in [-0.2, 0) is 17.7 Å². The third-order valence-electron chi connectivity index (χ3n) is 3.40. The average Bonchev–Trinajstić information content (AvgIpc) is 2.39. The van der Waals surface area contributed by atoms with E-state index >= 15 is 0 Å². The number of fused-ring (bicyclic) bond motifs is 1. The second kappa shape index (κ2) is 5.45. The molecule has 0 aliphatic heterocycles. The Labute approximate surface area is 101 Å². The van der Waals surface area contributed by atoms with Crippen LogP contribution in [0.2, 0.25) is 0 Å². The van der Waals surface area contributed by atoms with Gasteiger partial charge in [-0.05, 0) is 47.9 Å². The SMILES string of the molecule is C=C(c1ccc2c(c1)CCCC2)C(CO)OO. The Bertz CT molecular complexity index is 408. The fraction of sp³-hybridized carbons (Fsp3) is 0.429. The van der Waals surface area contributed by atoms with Crippen molar-refractivity contribution in [1.82, 2.24) is 0 Å². The third kappa shape index (κ3) is 2.57. The van der Waals surface area contributed by atoms with E-state index in [-0.39, 0.29) is 6.61 Å². The molecule has 0 spiro atoms. The number of aliphatic hydroxyl groups is 1. The number of hydrogen-bond donors (Lipinski definition) is 2. The highest BCUT2D eigenvalue weighted by atomic mass is 17.1. The van der Waals surface area contributed by atoms with Crippen molar-refractivity contribution in [2.45, 2.75) is 31.8 Å². The van der Waals surface area contributed by atoms with Gasteiger partial charge in [-0.3, -0.25) is 5.26 Å². The first-order valence-electron chi connectivity index (χ1n) is 5.98. The summed E-state index contributed by atoms with van der Waals surface area (Å²) in [6.07, 6.45) is 3.98. The van der Waals surface area contributed by atoms with Crippen LogP contribution in [0.1, 0.15) is 29.5 Å². The molecule has 1 aliphatic rings. The summed E-state index contributed by atoms with van der Waals surface area (Å²) in [5.74, 6) is 0. The van der Waals surface area contributed by atoms with Gasteiger partial charge in [0, 0.05) is 0 Å². The van der Waals surface area contributed by atoms with Crippen LogP contribution in [-0.4, -0.2) is 23.1 Å². The van der Waals surface area contributed by atoms with E-state index in [1.54, 1.807) is 0 Å². The van der Waals surface area contributed by atoms with Gasteiger partial charge in [0.1, 0.15) is 6.10 Å². The first kappa shape index (κ1) is 12.3. The molecular weight excluding hydrogens is 216 g/mol. The molecular formula is C14H18O3. The molecule has 1 aliphatic carbocycles. The summed E-state index contributed by atoms with van der Waals surface area (Å²) in [4.78, 5) is 4.21. The molecule has 1 aromatic carbocycles. The fourth-order valence-electron chi connectivity index (χ4n) is 2.33. The summed E-state index contributed by atoms with van der Waals surface area (Å²) in [6.45, 7) is 3.60. The zero-order chi connectivity index (χ0) is 12.3. The minimum absolute atomic E-state index is 0.271. The van der Waals surface area contributed by atoms with Crippen LogP contribution in [0.5, 0.6) is 0 Å². The van der Waals surface area contributed by atoms with Crippen molar-refractivity contribution in [2.24, 2.45) is 0 Å². The van der Waals surface area contributed by atoms with Crippen molar-refractivity contribution < 1.29 is 15.3 Å².